The molecule has 0 radical (unpaired) electrons. The summed E-state index contributed by atoms with van der Waals surface area (Å²) in [7, 11) is -2.06. The number of hydrogen-bond acceptors (Lipinski definition) is 6. The molecule has 8 heteroatoms. The van der Waals surface area contributed by atoms with Crippen LogP contribution in [0.1, 0.15) is 19.8 Å². The molecule has 1 fully saturated rings. The second kappa shape index (κ2) is 8.56. The summed E-state index contributed by atoms with van der Waals surface area (Å²) in [5.41, 5.74) is 0. The quantitative estimate of drug-likeness (QED) is 0.613. The lowest BCUT2D eigenvalue weighted by atomic mass is 10.3. The minimum atomic E-state index is -3.35. The third kappa shape index (κ3) is 7.18. The Hall–Kier alpha value is -0.700. The summed E-state index contributed by atoms with van der Waals surface area (Å²) >= 11 is 0. The van der Waals surface area contributed by atoms with E-state index in [0.717, 1.165) is 13.1 Å². The first-order chi connectivity index (χ1) is 9.43. The largest absolute Gasteiger partial charge is 0.469 e. The van der Waals surface area contributed by atoms with Gasteiger partial charge in [0, 0.05) is 32.1 Å². The highest BCUT2D eigenvalue weighted by Gasteiger charge is 2.18. The van der Waals surface area contributed by atoms with Crippen LogP contribution >= 0.6 is 0 Å². The second-order valence-corrected chi connectivity index (χ2v) is 6.80. The summed E-state index contributed by atoms with van der Waals surface area (Å²) in [6.45, 7) is 5.55. The van der Waals surface area contributed by atoms with Crippen LogP contribution in [0, 0.1) is 0 Å². The summed E-state index contributed by atoms with van der Waals surface area (Å²) in [5, 5.41) is 0. The Morgan fingerprint density at radius 3 is 2.65 bits per heavy atom. The molecule has 1 N–H and O–H groups in total. The van der Waals surface area contributed by atoms with Crippen molar-refractivity contribution >= 4 is 16.0 Å². The maximum Gasteiger partial charge on any atom is 0.305 e. The van der Waals surface area contributed by atoms with E-state index in [0.29, 0.717) is 19.8 Å². The van der Waals surface area contributed by atoms with E-state index in [1.54, 1.807) is 0 Å². The highest BCUT2D eigenvalue weighted by atomic mass is 32.2. The van der Waals surface area contributed by atoms with Gasteiger partial charge in [0.25, 0.3) is 0 Å². The molecular formula is C12H24N2O5S. The van der Waals surface area contributed by atoms with Gasteiger partial charge >= 0.3 is 5.97 Å². The first kappa shape index (κ1) is 17.4. The van der Waals surface area contributed by atoms with Crippen LogP contribution in [0.3, 0.4) is 0 Å². The first-order valence-electron chi connectivity index (χ1n) is 6.80. The van der Waals surface area contributed by atoms with Gasteiger partial charge < -0.3 is 9.47 Å². The van der Waals surface area contributed by atoms with E-state index in [9.17, 15) is 13.2 Å². The Labute approximate surface area is 120 Å². The van der Waals surface area contributed by atoms with Gasteiger partial charge in [0.2, 0.25) is 10.0 Å². The third-order valence-electron chi connectivity index (χ3n) is 3.04. The topological polar surface area (TPSA) is 84.9 Å². The fraction of sp³-hybridized carbons (Fsp3) is 0.917. The molecule has 0 aromatic rings. The lowest BCUT2D eigenvalue weighted by Crippen LogP contribution is -2.46. The van der Waals surface area contributed by atoms with Crippen molar-refractivity contribution in [3.05, 3.63) is 0 Å². The van der Waals surface area contributed by atoms with E-state index in [2.05, 4.69) is 14.4 Å². The fourth-order valence-electron chi connectivity index (χ4n) is 2.08. The Kier molecular flexibility index (Phi) is 7.42. The van der Waals surface area contributed by atoms with Crippen molar-refractivity contribution in [2.45, 2.75) is 25.8 Å². The van der Waals surface area contributed by atoms with Gasteiger partial charge in [-0.05, 0) is 13.3 Å². The van der Waals surface area contributed by atoms with Crippen LogP contribution in [0.4, 0.5) is 0 Å². The molecule has 0 aromatic carbocycles. The number of ether oxygens (including phenoxy) is 2. The number of morpholine rings is 1. The highest BCUT2D eigenvalue weighted by Crippen LogP contribution is 2.01. The Morgan fingerprint density at radius 2 is 2.05 bits per heavy atom. The van der Waals surface area contributed by atoms with Crippen LogP contribution in [0.5, 0.6) is 0 Å². The lowest BCUT2D eigenvalue weighted by Gasteiger charge is -2.29. The number of nitrogens with one attached hydrogen (secondary N) is 1. The van der Waals surface area contributed by atoms with Crippen LogP contribution in [0.25, 0.3) is 0 Å². The number of methoxy groups -OCH3 is 1. The van der Waals surface area contributed by atoms with E-state index in [-0.39, 0.29) is 30.6 Å². The molecule has 118 valence electrons. The molecule has 1 atom stereocenters. The molecule has 1 aliphatic heterocycles. The average Bonchev–Trinajstić information content (AvgIpc) is 2.38. The minimum Gasteiger partial charge on any atom is -0.469 e. The average molecular weight is 308 g/mol. The SMILES string of the molecule is COC(=O)CCCS(=O)(=O)NC(C)CN1CCOCC1. The van der Waals surface area contributed by atoms with Gasteiger partial charge in [0.15, 0.2) is 0 Å². The molecule has 1 saturated heterocycles. The van der Waals surface area contributed by atoms with Crippen LogP contribution < -0.4 is 4.72 Å². The van der Waals surface area contributed by atoms with Gasteiger partial charge in [0.1, 0.15) is 0 Å². The zero-order valence-corrected chi connectivity index (χ0v) is 12.9. The normalized spacial score (nSPS) is 18.7. The van der Waals surface area contributed by atoms with Crippen LogP contribution in [-0.4, -0.2) is 71.0 Å². The zero-order chi connectivity index (χ0) is 15.0. The van der Waals surface area contributed by atoms with E-state index in [4.69, 9.17) is 4.74 Å². The Bertz CT molecular complexity index is 393. The predicted octanol–water partition coefficient (Wildman–Crippen LogP) is -0.420. The summed E-state index contributed by atoms with van der Waals surface area (Å²) in [6, 6.07) is -0.156. The zero-order valence-electron chi connectivity index (χ0n) is 12.1. The standard InChI is InChI=1S/C12H24N2O5S/c1-11(10-14-5-7-19-8-6-14)13-20(16,17)9-3-4-12(15)18-2/h11,13H,3-10H2,1-2H3. The first-order valence-corrected chi connectivity index (χ1v) is 8.45. The summed E-state index contributed by atoms with van der Waals surface area (Å²) < 4.78 is 36.0. The Balaban J connectivity index is 2.27. The molecule has 1 unspecified atom stereocenters. The minimum absolute atomic E-state index is 0.0600. The molecule has 0 saturated carbocycles. The van der Waals surface area contributed by atoms with E-state index < -0.39 is 10.0 Å². The van der Waals surface area contributed by atoms with Gasteiger partial charge in [-0.3, -0.25) is 9.69 Å². The molecule has 1 heterocycles. The van der Waals surface area contributed by atoms with Crippen molar-refractivity contribution < 1.29 is 22.7 Å². The molecule has 20 heavy (non-hydrogen) atoms. The Morgan fingerprint density at radius 1 is 1.40 bits per heavy atom. The van der Waals surface area contributed by atoms with Crippen molar-refractivity contribution in [1.82, 2.24) is 9.62 Å². The van der Waals surface area contributed by atoms with Crippen molar-refractivity contribution in [2.75, 3.05) is 45.7 Å². The number of carbonyl (C=O) groups excluding carboxylic acids is 1. The lowest BCUT2D eigenvalue weighted by molar-refractivity contribution is -0.140. The van der Waals surface area contributed by atoms with Crippen molar-refractivity contribution in [1.29, 1.82) is 0 Å². The number of esters is 1. The van der Waals surface area contributed by atoms with Crippen LogP contribution in [-0.2, 0) is 24.3 Å². The predicted molar refractivity (Wildman–Crippen MR) is 74.9 cm³/mol. The number of carbonyl (C=O) groups is 1. The summed E-state index contributed by atoms with van der Waals surface area (Å²) in [5.74, 6) is -0.447. The number of rotatable bonds is 8. The van der Waals surface area contributed by atoms with E-state index in [1.165, 1.54) is 7.11 Å². The van der Waals surface area contributed by atoms with Crippen LogP contribution in [0.15, 0.2) is 0 Å². The van der Waals surface area contributed by atoms with Gasteiger partial charge in [-0.1, -0.05) is 0 Å². The highest BCUT2D eigenvalue weighted by molar-refractivity contribution is 7.89. The molecular weight excluding hydrogens is 284 g/mol. The van der Waals surface area contributed by atoms with Gasteiger partial charge in [0.05, 0.1) is 26.1 Å². The van der Waals surface area contributed by atoms with Gasteiger partial charge in [-0.25, -0.2) is 13.1 Å². The molecule has 7 nitrogen and oxygen atoms in total. The number of sulfonamides is 1. The summed E-state index contributed by atoms with van der Waals surface area (Å²) in [4.78, 5) is 13.1. The molecule has 0 spiro atoms. The summed E-state index contributed by atoms with van der Waals surface area (Å²) in [6.07, 6.45) is 0.390. The monoisotopic (exact) mass is 308 g/mol. The molecule has 1 aliphatic rings. The van der Waals surface area contributed by atoms with E-state index in [1.807, 2.05) is 6.92 Å². The van der Waals surface area contributed by atoms with Gasteiger partial charge in [-0.15, -0.1) is 0 Å². The van der Waals surface area contributed by atoms with E-state index >= 15 is 0 Å². The third-order valence-corrected chi connectivity index (χ3v) is 4.63. The molecule has 0 aliphatic carbocycles. The second-order valence-electron chi connectivity index (χ2n) is 4.93. The number of nitrogens with zero attached hydrogens (tertiary/aromatic N) is 1. The van der Waals surface area contributed by atoms with Crippen molar-refractivity contribution in [2.24, 2.45) is 0 Å². The van der Waals surface area contributed by atoms with Crippen LogP contribution in [0.2, 0.25) is 0 Å². The van der Waals surface area contributed by atoms with Crippen molar-refractivity contribution in [3.63, 3.8) is 0 Å². The molecule has 0 bridgehead atoms. The molecule has 0 amide bonds. The maximum atomic E-state index is 11.8. The smallest absolute Gasteiger partial charge is 0.305 e. The maximum absolute atomic E-state index is 11.8. The van der Waals surface area contributed by atoms with Crippen molar-refractivity contribution in [3.8, 4) is 0 Å². The fourth-order valence-corrected chi connectivity index (χ4v) is 3.41. The molecule has 0 aromatic heterocycles. The van der Waals surface area contributed by atoms with Gasteiger partial charge in [-0.2, -0.15) is 0 Å². The number of hydrogen-bond donors (Lipinski definition) is 1. The molecule has 1 rings (SSSR count).